The van der Waals surface area contributed by atoms with Crippen molar-refractivity contribution >= 4 is 23.4 Å². The number of aryl methyl sites for hydroxylation is 1. The molecule has 176 valence electrons. The topological polar surface area (TPSA) is 108 Å². The minimum Gasteiger partial charge on any atom is -0.495 e. The molecule has 9 heteroatoms. The van der Waals surface area contributed by atoms with Crippen LogP contribution in [0.1, 0.15) is 28.0 Å². The number of aromatic nitrogens is 2. The number of urea groups is 1. The summed E-state index contributed by atoms with van der Waals surface area (Å²) in [4.78, 5) is 35.7. The Morgan fingerprint density at radius 2 is 1.91 bits per heavy atom. The van der Waals surface area contributed by atoms with E-state index in [0.717, 1.165) is 31.7 Å². The third kappa shape index (κ3) is 6.08. The average molecular weight is 461 g/mol. The summed E-state index contributed by atoms with van der Waals surface area (Å²) in [6.07, 6.45) is 3.94. The second-order valence-corrected chi connectivity index (χ2v) is 8.22. The fourth-order valence-electron chi connectivity index (χ4n) is 3.87. The Morgan fingerprint density at radius 3 is 2.65 bits per heavy atom. The summed E-state index contributed by atoms with van der Waals surface area (Å²) < 4.78 is 5.40. The number of rotatable bonds is 7. The highest BCUT2D eigenvalue weighted by molar-refractivity contribution is 6.01. The second kappa shape index (κ2) is 10.8. The molecule has 4 rings (SSSR count). The van der Waals surface area contributed by atoms with E-state index in [1.54, 1.807) is 24.4 Å². The van der Waals surface area contributed by atoms with E-state index in [1.165, 1.54) is 18.9 Å². The molecule has 0 saturated carbocycles. The number of benzene rings is 2. The van der Waals surface area contributed by atoms with E-state index in [4.69, 9.17) is 4.74 Å². The molecule has 1 aliphatic rings. The van der Waals surface area contributed by atoms with Gasteiger partial charge in [0, 0.05) is 31.2 Å². The molecule has 2 aromatic carbocycles. The number of anilines is 2. The predicted molar refractivity (Wildman–Crippen MR) is 130 cm³/mol. The van der Waals surface area contributed by atoms with Crippen LogP contribution in [0.3, 0.4) is 0 Å². The number of methoxy groups -OCH3 is 1. The van der Waals surface area contributed by atoms with Crippen LogP contribution in [0.25, 0.3) is 0 Å². The van der Waals surface area contributed by atoms with Crippen molar-refractivity contribution in [2.45, 2.75) is 25.9 Å². The number of hydrogen-bond acceptors (Lipinski definition) is 6. The van der Waals surface area contributed by atoms with Crippen LogP contribution in [0.4, 0.5) is 16.3 Å². The largest absolute Gasteiger partial charge is 0.495 e. The molecule has 0 radical (unpaired) electrons. The molecule has 0 spiro atoms. The van der Waals surface area contributed by atoms with Crippen molar-refractivity contribution in [3.8, 4) is 5.75 Å². The quantitative estimate of drug-likeness (QED) is 0.498. The molecule has 0 aliphatic carbocycles. The standard InChI is InChI=1S/C25H28N6O3/c1-17-13-27-23(14-26-17)30-25(33)29-21-9-8-19(12-22(21)34-2)24(32)28-20-10-11-31(16-20)15-18-6-4-3-5-7-18/h3-9,12-14,20H,10-11,15-16H2,1-2H3,(H,28,32)(H2,27,29,30,33)/t20-/m0/s1. The van der Waals surface area contributed by atoms with Crippen LogP contribution in [0.2, 0.25) is 0 Å². The van der Waals surface area contributed by atoms with Gasteiger partial charge in [0.1, 0.15) is 5.75 Å². The molecule has 1 aromatic heterocycles. The second-order valence-electron chi connectivity index (χ2n) is 8.22. The van der Waals surface area contributed by atoms with Crippen LogP contribution in [-0.4, -0.2) is 53.0 Å². The molecule has 0 bridgehead atoms. The van der Waals surface area contributed by atoms with E-state index >= 15 is 0 Å². The van der Waals surface area contributed by atoms with Crippen LogP contribution in [0.15, 0.2) is 60.9 Å². The van der Waals surface area contributed by atoms with Crippen molar-refractivity contribution in [2.75, 3.05) is 30.8 Å². The summed E-state index contributed by atoms with van der Waals surface area (Å²) in [6.45, 7) is 4.43. The van der Waals surface area contributed by atoms with Gasteiger partial charge in [0.25, 0.3) is 5.91 Å². The molecular formula is C25H28N6O3. The van der Waals surface area contributed by atoms with E-state index < -0.39 is 6.03 Å². The van der Waals surface area contributed by atoms with Gasteiger partial charge < -0.3 is 15.4 Å². The lowest BCUT2D eigenvalue weighted by atomic mass is 10.1. The minimum absolute atomic E-state index is 0.0846. The van der Waals surface area contributed by atoms with Crippen molar-refractivity contribution in [3.63, 3.8) is 0 Å². The van der Waals surface area contributed by atoms with E-state index in [9.17, 15) is 9.59 Å². The SMILES string of the molecule is COc1cc(C(=O)N[C@H]2CCN(Cc3ccccc3)C2)ccc1NC(=O)Nc1cnc(C)cn1. The van der Waals surface area contributed by atoms with Gasteiger partial charge in [-0.25, -0.2) is 9.78 Å². The Hall–Kier alpha value is -3.98. The predicted octanol–water partition coefficient (Wildman–Crippen LogP) is 3.44. The highest BCUT2D eigenvalue weighted by Gasteiger charge is 2.24. The number of carbonyl (C=O) groups excluding carboxylic acids is 2. The van der Waals surface area contributed by atoms with E-state index in [2.05, 4.69) is 43.0 Å². The number of nitrogens with zero attached hydrogens (tertiary/aromatic N) is 3. The number of nitrogens with one attached hydrogen (secondary N) is 3. The minimum atomic E-state index is -0.488. The monoisotopic (exact) mass is 460 g/mol. The van der Waals surface area contributed by atoms with Gasteiger partial charge >= 0.3 is 6.03 Å². The smallest absolute Gasteiger partial charge is 0.324 e. The van der Waals surface area contributed by atoms with E-state index in [0.29, 0.717) is 22.8 Å². The Morgan fingerprint density at radius 1 is 1.09 bits per heavy atom. The first-order chi connectivity index (χ1) is 16.5. The molecule has 34 heavy (non-hydrogen) atoms. The summed E-state index contributed by atoms with van der Waals surface area (Å²) in [5, 5.41) is 8.43. The summed E-state index contributed by atoms with van der Waals surface area (Å²) in [7, 11) is 1.49. The zero-order chi connectivity index (χ0) is 23.9. The molecule has 0 unspecified atom stereocenters. The first-order valence-electron chi connectivity index (χ1n) is 11.1. The van der Waals surface area contributed by atoms with Crippen molar-refractivity contribution in [1.82, 2.24) is 20.2 Å². The highest BCUT2D eigenvalue weighted by atomic mass is 16.5. The molecule has 9 nitrogen and oxygen atoms in total. The number of likely N-dealkylation sites (tertiary alicyclic amines) is 1. The van der Waals surface area contributed by atoms with Crippen LogP contribution < -0.4 is 20.7 Å². The molecule has 2 heterocycles. The summed E-state index contributed by atoms with van der Waals surface area (Å²) in [5.41, 5.74) is 2.92. The van der Waals surface area contributed by atoms with E-state index in [-0.39, 0.29) is 11.9 Å². The lowest BCUT2D eigenvalue weighted by molar-refractivity contribution is 0.0937. The molecule has 3 N–H and O–H groups in total. The van der Waals surface area contributed by atoms with Gasteiger partial charge in [-0.05, 0) is 37.1 Å². The number of hydrogen-bond donors (Lipinski definition) is 3. The average Bonchev–Trinajstić information content (AvgIpc) is 3.27. The molecule has 1 atom stereocenters. The lowest BCUT2D eigenvalue weighted by Crippen LogP contribution is -2.37. The zero-order valence-corrected chi connectivity index (χ0v) is 19.2. The maximum absolute atomic E-state index is 12.8. The summed E-state index contributed by atoms with van der Waals surface area (Å²) in [6, 6.07) is 14.8. The molecule has 1 aliphatic heterocycles. The summed E-state index contributed by atoms with van der Waals surface area (Å²) >= 11 is 0. The van der Waals surface area contributed by atoms with Crippen molar-refractivity contribution < 1.29 is 14.3 Å². The normalized spacial score (nSPS) is 15.5. The first-order valence-corrected chi connectivity index (χ1v) is 11.1. The molecule has 1 fully saturated rings. The van der Waals surface area contributed by atoms with Gasteiger partial charge in [-0.2, -0.15) is 0 Å². The van der Waals surface area contributed by atoms with Gasteiger partial charge in [0.2, 0.25) is 0 Å². The maximum atomic E-state index is 12.8. The van der Waals surface area contributed by atoms with Gasteiger partial charge in [0.15, 0.2) is 5.82 Å². The maximum Gasteiger partial charge on any atom is 0.324 e. The Balaban J connectivity index is 1.33. The van der Waals surface area contributed by atoms with Gasteiger partial charge in [0.05, 0.1) is 30.9 Å². The molecule has 3 amide bonds. The first kappa shape index (κ1) is 23.2. The van der Waals surface area contributed by atoms with Crippen LogP contribution in [0, 0.1) is 6.92 Å². The summed E-state index contributed by atoms with van der Waals surface area (Å²) in [5.74, 6) is 0.543. The van der Waals surface area contributed by atoms with Gasteiger partial charge in [-0.15, -0.1) is 0 Å². The molecule has 1 saturated heterocycles. The highest BCUT2D eigenvalue weighted by Crippen LogP contribution is 2.26. The van der Waals surface area contributed by atoms with Crippen molar-refractivity contribution in [3.05, 3.63) is 77.7 Å². The third-order valence-corrected chi connectivity index (χ3v) is 5.59. The third-order valence-electron chi connectivity index (χ3n) is 5.59. The number of ether oxygens (including phenoxy) is 1. The van der Waals surface area contributed by atoms with Crippen molar-refractivity contribution in [1.29, 1.82) is 0 Å². The van der Waals surface area contributed by atoms with Gasteiger partial charge in [-0.1, -0.05) is 30.3 Å². The fourth-order valence-corrected chi connectivity index (χ4v) is 3.87. The van der Waals surface area contributed by atoms with Crippen LogP contribution >= 0.6 is 0 Å². The number of amides is 3. The fraction of sp³-hybridized carbons (Fsp3) is 0.280. The Bertz CT molecular complexity index is 1140. The Labute approximate surface area is 198 Å². The Kier molecular flexibility index (Phi) is 7.34. The van der Waals surface area contributed by atoms with Gasteiger partial charge in [-0.3, -0.25) is 20.0 Å². The molecular weight excluding hydrogens is 432 g/mol. The van der Waals surface area contributed by atoms with Crippen LogP contribution in [0.5, 0.6) is 5.75 Å². The van der Waals surface area contributed by atoms with Crippen LogP contribution in [-0.2, 0) is 6.54 Å². The van der Waals surface area contributed by atoms with E-state index in [1.807, 2.05) is 25.1 Å². The lowest BCUT2D eigenvalue weighted by Gasteiger charge is -2.17. The molecule has 3 aromatic rings. The zero-order valence-electron chi connectivity index (χ0n) is 19.2. The number of carbonyl (C=O) groups is 2. The van der Waals surface area contributed by atoms with Crippen molar-refractivity contribution in [2.24, 2.45) is 0 Å².